The molecule has 1 saturated heterocycles. The molecular formula is C18H31N5O2. The molecule has 2 fully saturated rings. The van der Waals surface area contributed by atoms with Crippen molar-refractivity contribution in [3.8, 4) is 0 Å². The molecule has 7 nitrogen and oxygen atoms in total. The first kappa shape index (κ1) is 18.2. The van der Waals surface area contributed by atoms with E-state index >= 15 is 0 Å². The Morgan fingerprint density at radius 3 is 2.84 bits per heavy atom. The molecule has 0 aromatic carbocycles. The van der Waals surface area contributed by atoms with Crippen molar-refractivity contribution >= 4 is 6.03 Å². The normalized spacial score (nSPS) is 22.2. The van der Waals surface area contributed by atoms with Crippen molar-refractivity contribution in [2.45, 2.75) is 57.9 Å². The minimum absolute atomic E-state index is 0.0173. The van der Waals surface area contributed by atoms with Crippen LogP contribution in [0, 0.1) is 12.8 Å². The molecule has 0 bridgehead atoms. The summed E-state index contributed by atoms with van der Waals surface area (Å²) in [6.45, 7) is 5.46. The lowest BCUT2D eigenvalue weighted by Gasteiger charge is -2.31. The third kappa shape index (κ3) is 5.17. The van der Waals surface area contributed by atoms with Gasteiger partial charge in [0, 0.05) is 46.1 Å². The van der Waals surface area contributed by atoms with Crippen LogP contribution in [0.25, 0.3) is 0 Å². The fraction of sp³-hybridized carbons (Fsp3) is 0.833. The van der Waals surface area contributed by atoms with Gasteiger partial charge in [-0.25, -0.2) is 4.79 Å². The summed E-state index contributed by atoms with van der Waals surface area (Å²) in [5.74, 6) is 1.79. The Kier molecular flexibility index (Phi) is 6.29. The quantitative estimate of drug-likeness (QED) is 0.852. The Labute approximate surface area is 150 Å². The minimum atomic E-state index is -0.0173. The number of likely N-dealkylation sites (N-methyl/N-ethyl adjacent to an activating group) is 1. The van der Waals surface area contributed by atoms with E-state index in [1.165, 1.54) is 45.1 Å². The number of aryl methyl sites for hydroxylation is 1. The Hall–Kier alpha value is -1.63. The molecule has 1 saturated carbocycles. The van der Waals surface area contributed by atoms with Crippen molar-refractivity contribution in [3.63, 3.8) is 0 Å². The zero-order valence-electron chi connectivity index (χ0n) is 15.5. The van der Waals surface area contributed by atoms with E-state index < -0.39 is 0 Å². The lowest BCUT2D eigenvalue weighted by molar-refractivity contribution is 0.183. The number of hydrogen-bond acceptors (Lipinski definition) is 5. The van der Waals surface area contributed by atoms with Crippen LogP contribution in [0.15, 0.2) is 4.52 Å². The van der Waals surface area contributed by atoms with Crippen LogP contribution in [0.2, 0.25) is 0 Å². The van der Waals surface area contributed by atoms with Gasteiger partial charge >= 0.3 is 6.03 Å². The smallest absolute Gasteiger partial charge is 0.317 e. The number of nitrogens with one attached hydrogen (secondary N) is 1. The number of urea groups is 1. The van der Waals surface area contributed by atoms with Crippen molar-refractivity contribution < 1.29 is 9.32 Å². The Balaban J connectivity index is 1.34. The molecule has 1 aliphatic carbocycles. The highest BCUT2D eigenvalue weighted by molar-refractivity contribution is 5.73. The molecule has 0 spiro atoms. The number of rotatable bonds is 6. The average molecular weight is 349 g/mol. The van der Waals surface area contributed by atoms with Gasteiger partial charge in [-0.3, -0.25) is 0 Å². The number of likely N-dealkylation sites (tertiary alicyclic amines) is 1. The predicted molar refractivity (Wildman–Crippen MR) is 95.3 cm³/mol. The predicted octanol–water partition coefficient (Wildman–Crippen LogP) is 2.22. The van der Waals surface area contributed by atoms with Gasteiger partial charge in [0.25, 0.3) is 0 Å². The summed E-state index contributed by atoms with van der Waals surface area (Å²) in [4.78, 5) is 20.8. The molecule has 1 aliphatic heterocycles. The molecule has 1 atom stereocenters. The van der Waals surface area contributed by atoms with Crippen LogP contribution < -0.4 is 5.32 Å². The van der Waals surface area contributed by atoms with Gasteiger partial charge in [-0.1, -0.05) is 24.4 Å². The monoisotopic (exact) mass is 349 g/mol. The molecule has 2 amide bonds. The summed E-state index contributed by atoms with van der Waals surface area (Å²) < 4.78 is 4.95. The lowest BCUT2D eigenvalue weighted by Crippen LogP contribution is -2.41. The van der Waals surface area contributed by atoms with E-state index in [2.05, 4.69) is 20.4 Å². The molecule has 1 aromatic heterocycles. The summed E-state index contributed by atoms with van der Waals surface area (Å²) in [7, 11) is 1.81. The van der Waals surface area contributed by atoms with Crippen molar-refractivity contribution in [1.29, 1.82) is 0 Å². The van der Waals surface area contributed by atoms with Crippen LogP contribution in [-0.2, 0) is 6.42 Å². The van der Waals surface area contributed by atoms with Crippen LogP contribution >= 0.6 is 0 Å². The van der Waals surface area contributed by atoms with Gasteiger partial charge in [-0.15, -0.1) is 0 Å². The van der Waals surface area contributed by atoms with E-state index in [0.717, 1.165) is 19.1 Å². The highest BCUT2D eigenvalue weighted by Crippen LogP contribution is 2.27. The van der Waals surface area contributed by atoms with Gasteiger partial charge in [-0.2, -0.15) is 4.98 Å². The standard InChI is InChI=1S/C18H31N5O2/c1-14-20-17(21-25-14)9-10-22(2)18(24)19-12-15-8-11-23(13-15)16-6-4-3-5-7-16/h15-16H,3-13H2,1-2H3,(H,19,24). The van der Waals surface area contributed by atoms with E-state index in [0.29, 0.717) is 30.6 Å². The Bertz CT molecular complexity index is 555. The second-order valence-electron chi connectivity index (χ2n) is 7.53. The van der Waals surface area contributed by atoms with Crippen molar-refractivity contribution in [3.05, 3.63) is 11.7 Å². The number of nitrogens with zero attached hydrogens (tertiary/aromatic N) is 4. The molecule has 140 valence electrons. The molecule has 1 unspecified atom stereocenters. The van der Waals surface area contributed by atoms with E-state index in [9.17, 15) is 4.79 Å². The second kappa shape index (κ2) is 8.65. The topological polar surface area (TPSA) is 74.5 Å². The fourth-order valence-electron chi connectivity index (χ4n) is 3.99. The first-order valence-electron chi connectivity index (χ1n) is 9.64. The van der Waals surface area contributed by atoms with Gasteiger partial charge in [0.1, 0.15) is 0 Å². The zero-order valence-corrected chi connectivity index (χ0v) is 15.5. The van der Waals surface area contributed by atoms with Gasteiger partial charge < -0.3 is 19.6 Å². The number of hydrogen-bond donors (Lipinski definition) is 1. The molecule has 7 heteroatoms. The first-order chi connectivity index (χ1) is 12.1. The van der Waals surface area contributed by atoms with Gasteiger partial charge in [-0.05, 0) is 31.7 Å². The van der Waals surface area contributed by atoms with Crippen LogP contribution in [0.1, 0.15) is 50.2 Å². The van der Waals surface area contributed by atoms with Gasteiger partial charge in [0.2, 0.25) is 5.89 Å². The number of carbonyl (C=O) groups is 1. The third-order valence-electron chi connectivity index (χ3n) is 5.54. The zero-order chi connectivity index (χ0) is 17.6. The minimum Gasteiger partial charge on any atom is -0.340 e. The van der Waals surface area contributed by atoms with Gasteiger partial charge in [0.05, 0.1) is 0 Å². The Morgan fingerprint density at radius 1 is 1.32 bits per heavy atom. The van der Waals surface area contributed by atoms with E-state index in [1.807, 2.05) is 7.05 Å². The SMILES string of the molecule is Cc1nc(CCN(C)C(=O)NCC2CCN(C3CCCCC3)C2)no1. The Morgan fingerprint density at radius 2 is 2.12 bits per heavy atom. The highest BCUT2D eigenvalue weighted by Gasteiger charge is 2.29. The van der Waals surface area contributed by atoms with Gasteiger partial charge in [0.15, 0.2) is 5.82 Å². The van der Waals surface area contributed by atoms with Crippen molar-refractivity contribution in [1.82, 2.24) is 25.3 Å². The molecule has 3 rings (SSSR count). The van der Waals surface area contributed by atoms with E-state index in [-0.39, 0.29) is 6.03 Å². The molecule has 2 aliphatic rings. The summed E-state index contributed by atoms with van der Waals surface area (Å²) in [6, 6.07) is 0.770. The first-order valence-corrected chi connectivity index (χ1v) is 9.64. The second-order valence-corrected chi connectivity index (χ2v) is 7.53. The average Bonchev–Trinajstić information content (AvgIpc) is 3.27. The van der Waals surface area contributed by atoms with Crippen molar-refractivity contribution in [2.24, 2.45) is 5.92 Å². The lowest BCUT2D eigenvalue weighted by atomic mass is 9.94. The van der Waals surface area contributed by atoms with Crippen LogP contribution in [0.3, 0.4) is 0 Å². The molecular weight excluding hydrogens is 318 g/mol. The summed E-state index contributed by atoms with van der Waals surface area (Å²) in [5, 5.41) is 6.94. The summed E-state index contributed by atoms with van der Waals surface area (Å²) >= 11 is 0. The highest BCUT2D eigenvalue weighted by atomic mass is 16.5. The maximum atomic E-state index is 12.2. The molecule has 1 aromatic rings. The fourth-order valence-corrected chi connectivity index (χ4v) is 3.99. The third-order valence-corrected chi connectivity index (χ3v) is 5.54. The largest absolute Gasteiger partial charge is 0.340 e. The summed E-state index contributed by atoms with van der Waals surface area (Å²) in [6.07, 6.45) is 8.69. The number of amides is 2. The van der Waals surface area contributed by atoms with E-state index in [1.54, 1.807) is 11.8 Å². The van der Waals surface area contributed by atoms with Crippen LogP contribution in [0.4, 0.5) is 4.79 Å². The molecule has 1 N–H and O–H groups in total. The van der Waals surface area contributed by atoms with E-state index in [4.69, 9.17) is 4.52 Å². The maximum Gasteiger partial charge on any atom is 0.317 e. The maximum absolute atomic E-state index is 12.2. The van der Waals surface area contributed by atoms with Crippen LogP contribution in [-0.4, -0.2) is 65.2 Å². The molecule has 25 heavy (non-hydrogen) atoms. The van der Waals surface area contributed by atoms with Crippen LogP contribution in [0.5, 0.6) is 0 Å². The number of carbonyl (C=O) groups excluding carboxylic acids is 1. The molecule has 2 heterocycles. The number of aromatic nitrogens is 2. The molecule has 0 radical (unpaired) electrons. The van der Waals surface area contributed by atoms with Crippen molar-refractivity contribution in [2.75, 3.05) is 33.2 Å². The summed E-state index contributed by atoms with van der Waals surface area (Å²) in [5.41, 5.74) is 0.